The Morgan fingerprint density at radius 3 is 2.07 bits per heavy atom. The molecule has 0 amide bonds. The van der Waals surface area contributed by atoms with E-state index in [-0.39, 0.29) is 5.92 Å². The van der Waals surface area contributed by atoms with Crippen LogP contribution in [0.4, 0.5) is 0 Å². The van der Waals surface area contributed by atoms with E-state index < -0.39 is 0 Å². The number of aromatic nitrogens is 4. The molecular formula is C22H18N4O. The predicted octanol–water partition coefficient (Wildman–Crippen LogP) is 4.12. The Bertz CT molecular complexity index is 969. The van der Waals surface area contributed by atoms with Crippen molar-refractivity contribution in [3.05, 3.63) is 102 Å². The van der Waals surface area contributed by atoms with E-state index in [0.717, 1.165) is 22.4 Å². The largest absolute Gasteiger partial charge is 0.481 e. The minimum absolute atomic E-state index is 0.251. The maximum Gasteiger partial charge on any atom is 0.221 e. The van der Waals surface area contributed by atoms with Crippen molar-refractivity contribution in [1.82, 2.24) is 19.9 Å². The zero-order valence-electron chi connectivity index (χ0n) is 14.9. The van der Waals surface area contributed by atoms with E-state index in [4.69, 9.17) is 4.74 Å². The summed E-state index contributed by atoms with van der Waals surface area (Å²) in [5.74, 6) is 0.942. The van der Waals surface area contributed by atoms with Gasteiger partial charge in [-0.05, 0) is 11.6 Å². The summed E-state index contributed by atoms with van der Waals surface area (Å²) in [4.78, 5) is 18.0. The lowest BCUT2D eigenvalue weighted by atomic mass is 9.88. The van der Waals surface area contributed by atoms with Crippen LogP contribution in [0, 0.1) is 0 Å². The van der Waals surface area contributed by atoms with Crippen LogP contribution in [0.3, 0.4) is 0 Å². The van der Waals surface area contributed by atoms with Crippen LogP contribution in [0.5, 0.6) is 5.88 Å². The van der Waals surface area contributed by atoms with Crippen LogP contribution in [0.15, 0.2) is 85.5 Å². The standard InChI is InChI=1S/C22H18N4O/c1-27-22-19(20(25-15-26-22)17-11-6-3-7-12-17)18(16-9-4-2-5-10-16)21-23-13-8-14-24-21/h2-15,18H,1H3. The molecule has 0 radical (unpaired) electrons. The van der Waals surface area contributed by atoms with Gasteiger partial charge in [-0.1, -0.05) is 60.7 Å². The molecule has 2 aromatic carbocycles. The van der Waals surface area contributed by atoms with Crippen molar-refractivity contribution in [2.45, 2.75) is 5.92 Å². The quantitative estimate of drug-likeness (QED) is 0.539. The molecule has 0 aliphatic carbocycles. The van der Waals surface area contributed by atoms with E-state index in [1.54, 1.807) is 19.5 Å². The van der Waals surface area contributed by atoms with Crippen LogP contribution < -0.4 is 4.74 Å². The molecule has 1 atom stereocenters. The van der Waals surface area contributed by atoms with Crippen molar-refractivity contribution < 1.29 is 4.74 Å². The molecule has 4 rings (SSSR count). The third-order valence-electron chi connectivity index (χ3n) is 4.35. The number of methoxy groups -OCH3 is 1. The molecule has 0 saturated heterocycles. The molecule has 0 saturated carbocycles. The third-order valence-corrected chi connectivity index (χ3v) is 4.35. The molecule has 1 unspecified atom stereocenters. The molecule has 2 aromatic heterocycles. The molecular weight excluding hydrogens is 336 g/mol. The van der Waals surface area contributed by atoms with Gasteiger partial charge in [0.15, 0.2) is 0 Å². The summed E-state index contributed by atoms with van der Waals surface area (Å²) in [5, 5.41) is 0. The highest BCUT2D eigenvalue weighted by Gasteiger charge is 2.28. The summed E-state index contributed by atoms with van der Waals surface area (Å²) in [7, 11) is 1.62. The van der Waals surface area contributed by atoms with Crippen LogP contribution >= 0.6 is 0 Å². The van der Waals surface area contributed by atoms with Crippen molar-refractivity contribution in [2.75, 3.05) is 7.11 Å². The van der Waals surface area contributed by atoms with E-state index in [1.165, 1.54) is 6.33 Å². The molecule has 0 fully saturated rings. The van der Waals surface area contributed by atoms with Crippen molar-refractivity contribution >= 4 is 0 Å². The van der Waals surface area contributed by atoms with Gasteiger partial charge in [0.2, 0.25) is 5.88 Å². The Labute approximate surface area is 157 Å². The Morgan fingerprint density at radius 2 is 1.41 bits per heavy atom. The van der Waals surface area contributed by atoms with Crippen LogP contribution in [-0.2, 0) is 0 Å². The van der Waals surface area contributed by atoms with Gasteiger partial charge in [0.1, 0.15) is 12.2 Å². The average molecular weight is 354 g/mol. The first kappa shape index (κ1) is 16.8. The molecule has 132 valence electrons. The molecule has 5 heteroatoms. The van der Waals surface area contributed by atoms with E-state index in [2.05, 4.69) is 32.1 Å². The SMILES string of the molecule is COc1ncnc(-c2ccccc2)c1C(c1ccccc1)c1ncccn1. The smallest absolute Gasteiger partial charge is 0.221 e. The number of nitrogens with zero attached hydrogens (tertiary/aromatic N) is 4. The Balaban J connectivity index is 2.00. The highest BCUT2D eigenvalue weighted by molar-refractivity contribution is 5.67. The van der Waals surface area contributed by atoms with Gasteiger partial charge in [-0.25, -0.2) is 19.9 Å². The molecule has 27 heavy (non-hydrogen) atoms. The number of rotatable bonds is 5. The van der Waals surface area contributed by atoms with Crippen molar-refractivity contribution in [3.63, 3.8) is 0 Å². The average Bonchev–Trinajstić information content (AvgIpc) is 2.76. The first-order chi connectivity index (χ1) is 13.4. The molecule has 2 heterocycles. The zero-order chi connectivity index (χ0) is 18.5. The van der Waals surface area contributed by atoms with Crippen LogP contribution in [-0.4, -0.2) is 27.0 Å². The number of ether oxygens (including phenoxy) is 1. The Morgan fingerprint density at radius 1 is 0.741 bits per heavy atom. The van der Waals surface area contributed by atoms with E-state index >= 15 is 0 Å². The summed E-state index contributed by atoms with van der Waals surface area (Å²) in [5.41, 5.74) is 3.70. The predicted molar refractivity (Wildman–Crippen MR) is 103 cm³/mol. The number of hydrogen-bond acceptors (Lipinski definition) is 5. The Kier molecular flexibility index (Phi) is 4.83. The maximum absolute atomic E-state index is 5.62. The van der Waals surface area contributed by atoms with Gasteiger partial charge in [-0.15, -0.1) is 0 Å². The molecule has 0 aliphatic rings. The Hall–Kier alpha value is -3.60. The zero-order valence-corrected chi connectivity index (χ0v) is 14.9. The molecule has 0 N–H and O–H groups in total. The number of benzene rings is 2. The lowest BCUT2D eigenvalue weighted by molar-refractivity contribution is 0.390. The van der Waals surface area contributed by atoms with Gasteiger partial charge in [-0.2, -0.15) is 0 Å². The fourth-order valence-corrected chi connectivity index (χ4v) is 3.18. The fraction of sp³-hybridized carbons (Fsp3) is 0.0909. The van der Waals surface area contributed by atoms with Gasteiger partial charge in [0.05, 0.1) is 24.3 Å². The topological polar surface area (TPSA) is 60.8 Å². The van der Waals surface area contributed by atoms with Crippen molar-refractivity contribution in [1.29, 1.82) is 0 Å². The molecule has 0 bridgehead atoms. The summed E-state index contributed by atoms with van der Waals surface area (Å²) >= 11 is 0. The summed E-state index contributed by atoms with van der Waals surface area (Å²) < 4.78 is 5.62. The van der Waals surface area contributed by atoms with E-state index in [1.807, 2.05) is 54.6 Å². The highest BCUT2D eigenvalue weighted by atomic mass is 16.5. The summed E-state index contributed by atoms with van der Waals surface area (Å²) in [6, 6.07) is 21.9. The lowest BCUT2D eigenvalue weighted by Gasteiger charge is -2.21. The number of hydrogen-bond donors (Lipinski definition) is 0. The van der Waals surface area contributed by atoms with Gasteiger partial charge in [0.25, 0.3) is 0 Å². The molecule has 0 spiro atoms. The maximum atomic E-state index is 5.62. The van der Waals surface area contributed by atoms with Crippen molar-refractivity contribution in [3.8, 4) is 17.1 Å². The van der Waals surface area contributed by atoms with E-state index in [9.17, 15) is 0 Å². The highest BCUT2D eigenvalue weighted by Crippen LogP contribution is 2.39. The third kappa shape index (κ3) is 3.40. The van der Waals surface area contributed by atoms with Gasteiger partial charge >= 0.3 is 0 Å². The molecule has 4 aromatic rings. The molecule has 5 nitrogen and oxygen atoms in total. The first-order valence-electron chi connectivity index (χ1n) is 8.64. The van der Waals surface area contributed by atoms with E-state index in [0.29, 0.717) is 11.7 Å². The summed E-state index contributed by atoms with van der Waals surface area (Å²) in [6.45, 7) is 0. The summed E-state index contributed by atoms with van der Waals surface area (Å²) in [6.07, 6.45) is 5.02. The minimum Gasteiger partial charge on any atom is -0.481 e. The van der Waals surface area contributed by atoms with Gasteiger partial charge < -0.3 is 4.74 Å². The van der Waals surface area contributed by atoms with Gasteiger partial charge in [-0.3, -0.25) is 0 Å². The van der Waals surface area contributed by atoms with Gasteiger partial charge in [0, 0.05) is 18.0 Å². The molecule has 0 aliphatic heterocycles. The lowest BCUT2D eigenvalue weighted by Crippen LogP contribution is -2.12. The van der Waals surface area contributed by atoms with Crippen LogP contribution in [0.25, 0.3) is 11.3 Å². The van der Waals surface area contributed by atoms with Crippen molar-refractivity contribution in [2.24, 2.45) is 0 Å². The van der Waals surface area contributed by atoms with Crippen LogP contribution in [0.2, 0.25) is 0 Å². The second kappa shape index (κ2) is 7.74. The first-order valence-corrected chi connectivity index (χ1v) is 8.64. The minimum atomic E-state index is -0.251. The monoisotopic (exact) mass is 354 g/mol. The van der Waals surface area contributed by atoms with Crippen LogP contribution in [0.1, 0.15) is 22.9 Å². The second-order valence-corrected chi connectivity index (χ2v) is 5.96. The fourth-order valence-electron chi connectivity index (χ4n) is 3.18. The second-order valence-electron chi connectivity index (χ2n) is 5.96. The normalized spacial score (nSPS) is 11.7.